The molecule has 2 N–H and O–H groups in total. The molecule has 6 nitrogen and oxygen atoms in total. The van der Waals surface area contributed by atoms with Gasteiger partial charge in [-0.15, -0.1) is 0 Å². The van der Waals surface area contributed by atoms with E-state index in [4.69, 9.17) is 9.47 Å². The van der Waals surface area contributed by atoms with Gasteiger partial charge in [0.1, 0.15) is 17.6 Å². The fourth-order valence-electron chi connectivity index (χ4n) is 3.26. The van der Waals surface area contributed by atoms with E-state index in [2.05, 4.69) is 5.32 Å². The number of aliphatic hydroxyl groups excluding tert-OH is 1. The van der Waals surface area contributed by atoms with E-state index < -0.39 is 0 Å². The van der Waals surface area contributed by atoms with Crippen molar-refractivity contribution in [1.29, 1.82) is 0 Å². The second kappa shape index (κ2) is 7.30. The number of rotatable bonds is 4. The van der Waals surface area contributed by atoms with Gasteiger partial charge in [-0.2, -0.15) is 0 Å². The highest BCUT2D eigenvalue weighted by Crippen LogP contribution is 2.35. The predicted molar refractivity (Wildman–Crippen MR) is 90.5 cm³/mol. The lowest BCUT2D eigenvalue weighted by Crippen LogP contribution is -2.45. The second-order valence-electron chi connectivity index (χ2n) is 6.51. The molecule has 1 aromatic carbocycles. The molecule has 1 fully saturated rings. The van der Waals surface area contributed by atoms with Crippen molar-refractivity contribution in [3.8, 4) is 11.5 Å². The molecule has 0 unspecified atom stereocenters. The number of hydrogen-bond acceptors (Lipinski definition) is 4. The van der Waals surface area contributed by atoms with Crippen molar-refractivity contribution >= 4 is 6.03 Å². The topological polar surface area (TPSA) is 71.0 Å². The molecule has 1 aromatic rings. The van der Waals surface area contributed by atoms with Gasteiger partial charge in [-0.05, 0) is 38.8 Å². The number of piperidine rings is 1. The number of nitrogens with zero attached hydrogens (tertiary/aromatic N) is 1. The summed E-state index contributed by atoms with van der Waals surface area (Å²) < 4.78 is 11.5. The van der Waals surface area contributed by atoms with Gasteiger partial charge in [-0.1, -0.05) is 0 Å². The van der Waals surface area contributed by atoms with Crippen LogP contribution in [0.1, 0.15) is 37.8 Å². The normalized spacial score (nSPS) is 20.5. The number of urea groups is 1. The molecular formula is C18H26N2O4. The van der Waals surface area contributed by atoms with E-state index in [1.54, 1.807) is 4.90 Å². The minimum atomic E-state index is -0.283. The summed E-state index contributed by atoms with van der Waals surface area (Å²) in [6.45, 7) is 6.17. The van der Waals surface area contributed by atoms with Crippen LogP contribution in [0.15, 0.2) is 12.1 Å². The number of nitrogens with one attached hydrogen (secondary N) is 1. The number of carbonyl (C=O) groups is 1. The standard InChI is InChI=1S/C18H26N2O4/c1-3-23-16-9-13-8-12(2)24-17(13)10-14(16)11-19-18(22)20-6-4-15(21)5-7-20/h9-10,12,15,21H,3-8,11H2,1-2H3,(H,19,22)/t12-/m0/s1. The molecule has 2 aliphatic heterocycles. The third kappa shape index (κ3) is 3.75. The summed E-state index contributed by atoms with van der Waals surface area (Å²) >= 11 is 0. The lowest BCUT2D eigenvalue weighted by molar-refractivity contribution is 0.0936. The molecule has 0 bridgehead atoms. The van der Waals surface area contributed by atoms with Gasteiger partial charge in [0, 0.05) is 37.2 Å². The molecule has 132 valence electrons. The first kappa shape index (κ1) is 16.9. The largest absolute Gasteiger partial charge is 0.494 e. The van der Waals surface area contributed by atoms with Gasteiger partial charge in [0.25, 0.3) is 0 Å². The Bertz CT molecular complexity index is 597. The maximum atomic E-state index is 12.3. The molecule has 6 heteroatoms. The molecule has 1 atom stereocenters. The van der Waals surface area contributed by atoms with Crippen molar-refractivity contribution in [2.75, 3.05) is 19.7 Å². The fraction of sp³-hybridized carbons (Fsp3) is 0.611. The summed E-state index contributed by atoms with van der Waals surface area (Å²) in [6.07, 6.45) is 2.07. The van der Waals surface area contributed by atoms with Gasteiger partial charge < -0.3 is 24.8 Å². The van der Waals surface area contributed by atoms with Crippen LogP contribution in [0.4, 0.5) is 4.79 Å². The van der Waals surface area contributed by atoms with Crippen molar-refractivity contribution in [2.24, 2.45) is 0 Å². The van der Waals surface area contributed by atoms with E-state index in [0.29, 0.717) is 39.1 Å². The molecule has 2 amide bonds. The van der Waals surface area contributed by atoms with Crippen molar-refractivity contribution in [3.05, 3.63) is 23.3 Å². The third-order valence-electron chi connectivity index (χ3n) is 4.56. The van der Waals surface area contributed by atoms with Gasteiger partial charge in [-0.3, -0.25) is 0 Å². The first-order valence-corrected chi connectivity index (χ1v) is 8.73. The number of ether oxygens (including phenoxy) is 2. The highest BCUT2D eigenvalue weighted by Gasteiger charge is 2.24. The molecule has 0 radical (unpaired) electrons. The molecule has 0 aliphatic carbocycles. The summed E-state index contributed by atoms with van der Waals surface area (Å²) in [4.78, 5) is 14.0. The average molecular weight is 334 g/mol. The Hall–Kier alpha value is -1.95. The maximum Gasteiger partial charge on any atom is 0.317 e. The first-order chi connectivity index (χ1) is 11.6. The van der Waals surface area contributed by atoms with E-state index in [0.717, 1.165) is 29.0 Å². The zero-order chi connectivity index (χ0) is 17.1. The van der Waals surface area contributed by atoms with Gasteiger partial charge in [0.05, 0.1) is 12.7 Å². The Morgan fingerprint density at radius 2 is 2.17 bits per heavy atom. The van der Waals surface area contributed by atoms with Gasteiger partial charge >= 0.3 is 6.03 Å². The lowest BCUT2D eigenvalue weighted by atomic mass is 10.1. The maximum absolute atomic E-state index is 12.3. The van der Waals surface area contributed by atoms with Crippen molar-refractivity contribution < 1.29 is 19.4 Å². The number of hydrogen-bond donors (Lipinski definition) is 2. The SMILES string of the molecule is CCOc1cc2c(cc1CNC(=O)N1CCC(O)CC1)O[C@@H](C)C2. The van der Waals surface area contributed by atoms with Crippen LogP contribution in [0.25, 0.3) is 0 Å². The quantitative estimate of drug-likeness (QED) is 0.884. The van der Waals surface area contributed by atoms with Crippen molar-refractivity contribution in [3.63, 3.8) is 0 Å². The van der Waals surface area contributed by atoms with Crippen LogP contribution in [0, 0.1) is 0 Å². The minimum Gasteiger partial charge on any atom is -0.494 e. The molecule has 3 rings (SSSR count). The highest BCUT2D eigenvalue weighted by atomic mass is 16.5. The van der Waals surface area contributed by atoms with Crippen LogP contribution < -0.4 is 14.8 Å². The van der Waals surface area contributed by atoms with E-state index in [1.807, 2.05) is 26.0 Å². The van der Waals surface area contributed by atoms with Crippen LogP contribution in [0.5, 0.6) is 11.5 Å². The molecule has 0 aromatic heterocycles. The molecule has 1 saturated heterocycles. The smallest absolute Gasteiger partial charge is 0.317 e. The molecule has 2 heterocycles. The molecule has 2 aliphatic rings. The first-order valence-electron chi connectivity index (χ1n) is 8.73. The Balaban J connectivity index is 1.66. The van der Waals surface area contributed by atoms with Crippen LogP contribution in [0.3, 0.4) is 0 Å². The van der Waals surface area contributed by atoms with Crippen LogP contribution in [-0.2, 0) is 13.0 Å². The van der Waals surface area contributed by atoms with Gasteiger partial charge in [-0.25, -0.2) is 4.79 Å². The molecule has 0 spiro atoms. The fourth-order valence-corrected chi connectivity index (χ4v) is 3.26. The van der Waals surface area contributed by atoms with E-state index >= 15 is 0 Å². The number of fused-ring (bicyclic) bond motifs is 1. The second-order valence-corrected chi connectivity index (χ2v) is 6.51. The Morgan fingerprint density at radius 3 is 2.88 bits per heavy atom. The van der Waals surface area contributed by atoms with Crippen molar-refractivity contribution in [1.82, 2.24) is 10.2 Å². The van der Waals surface area contributed by atoms with Gasteiger partial charge in [0.15, 0.2) is 0 Å². The Morgan fingerprint density at radius 1 is 1.42 bits per heavy atom. The summed E-state index contributed by atoms with van der Waals surface area (Å²) in [5, 5.41) is 12.5. The summed E-state index contributed by atoms with van der Waals surface area (Å²) in [5.41, 5.74) is 2.08. The Labute approximate surface area is 142 Å². The van der Waals surface area contributed by atoms with Crippen LogP contribution in [0.2, 0.25) is 0 Å². The molecule has 24 heavy (non-hydrogen) atoms. The van der Waals surface area contributed by atoms with Crippen LogP contribution in [-0.4, -0.2) is 47.9 Å². The highest BCUT2D eigenvalue weighted by molar-refractivity contribution is 5.74. The lowest BCUT2D eigenvalue weighted by Gasteiger charge is -2.29. The number of likely N-dealkylation sites (tertiary alicyclic amines) is 1. The number of amides is 2. The zero-order valence-electron chi connectivity index (χ0n) is 14.4. The summed E-state index contributed by atoms with van der Waals surface area (Å²) in [5.74, 6) is 1.69. The van der Waals surface area contributed by atoms with E-state index in [-0.39, 0.29) is 18.2 Å². The monoisotopic (exact) mass is 334 g/mol. The minimum absolute atomic E-state index is 0.0980. The number of carbonyl (C=O) groups excluding carboxylic acids is 1. The average Bonchev–Trinajstić information content (AvgIpc) is 2.92. The summed E-state index contributed by atoms with van der Waals surface area (Å²) in [6, 6.07) is 3.91. The molecular weight excluding hydrogens is 308 g/mol. The predicted octanol–water partition coefficient (Wildman–Crippen LogP) is 2.07. The summed E-state index contributed by atoms with van der Waals surface area (Å²) in [7, 11) is 0. The van der Waals surface area contributed by atoms with E-state index in [1.165, 1.54) is 0 Å². The van der Waals surface area contributed by atoms with E-state index in [9.17, 15) is 9.90 Å². The van der Waals surface area contributed by atoms with Crippen LogP contribution >= 0.6 is 0 Å². The Kier molecular flexibility index (Phi) is 5.14. The van der Waals surface area contributed by atoms with Gasteiger partial charge in [0.2, 0.25) is 0 Å². The number of aliphatic hydroxyl groups is 1. The molecule has 0 saturated carbocycles. The third-order valence-corrected chi connectivity index (χ3v) is 4.56. The van der Waals surface area contributed by atoms with Crippen molar-refractivity contribution in [2.45, 2.75) is 51.9 Å². The number of benzene rings is 1. The zero-order valence-corrected chi connectivity index (χ0v) is 14.4.